The minimum Gasteiger partial charge on any atom is -0.367 e. The van der Waals surface area contributed by atoms with E-state index in [-0.39, 0.29) is 0 Å². The molecule has 1 aromatic heterocycles. The van der Waals surface area contributed by atoms with E-state index in [1.54, 1.807) is 0 Å². The molecule has 0 spiro atoms. The van der Waals surface area contributed by atoms with Crippen molar-refractivity contribution in [1.29, 1.82) is 0 Å². The molecule has 2 rings (SSSR count). The van der Waals surface area contributed by atoms with Crippen LogP contribution in [0.4, 0.5) is 11.8 Å². The molecule has 0 saturated heterocycles. The number of rotatable bonds is 7. The molecule has 0 aliphatic heterocycles. The summed E-state index contributed by atoms with van der Waals surface area (Å²) < 4.78 is 0. The highest BCUT2D eigenvalue weighted by Crippen LogP contribution is 2.20. The highest BCUT2D eigenvalue weighted by Gasteiger charge is 2.13. The van der Waals surface area contributed by atoms with Gasteiger partial charge in [0.05, 0.1) is 0 Å². The Morgan fingerprint density at radius 2 is 2.05 bits per heavy atom. The molecule has 1 aliphatic rings. The smallest absolute Gasteiger partial charge is 0.224 e. The van der Waals surface area contributed by atoms with Gasteiger partial charge in [-0.25, -0.2) is 4.98 Å². The summed E-state index contributed by atoms with van der Waals surface area (Å²) in [6.07, 6.45) is 12.1. The maximum Gasteiger partial charge on any atom is 0.224 e. The summed E-state index contributed by atoms with van der Waals surface area (Å²) in [7, 11) is 0. The third-order valence-corrected chi connectivity index (χ3v) is 3.68. The molecule has 0 bridgehead atoms. The van der Waals surface area contributed by atoms with Crippen molar-refractivity contribution in [3.05, 3.63) is 12.3 Å². The Bertz CT molecular complexity index is 361. The van der Waals surface area contributed by atoms with Crippen molar-refractivity contribution >= 4 is 11.8 Å². The SMILES string of the molecule is CCCCCNc1nccc(NC2CCCCC2)n1. The van der Waals surface area contributed by atoms with Gasteiger partial charge in [0, 0.05) is 18.8 Å². The first kappa shape index (κ1) is 14.1. The Hall–Kier alpha value is -1.32. The number of hydrogen-bond acceptors (Lipinski definition) is 4. The molecule has 0 atom stereocenters. The molecule has 1 heterocycles. The summed E-state index contributed by atoms with van der Waals surface area (Å²) in [5.41, 5.74) is 0. The van der Waals surface area contributed by atoms with Gasteiger partial charge in [-0.1, -0.05) is 39.0 Å². The zero-order valence-electron chi connectivity index (χ0n) is 12.0. The maximum absolute atomic E-state index is 4.53. The lowest BCUT2D eigenvalue weighted by Crippen LogP contribution is -2.23. The molecular formula is C15H26N4. The number of aromatic nitrogens is 2. The quantitative estimate of drug-likeness (QED) is 0.733. The van der Waals surface area contributed by atoms with Crippen LogP contribution in [0.2, 0.25) is 0 Å². The summed E-state index contributed by atoms with van der Waals surface area (Å²) in [4.78, 5) is 8.80. The van der Waals surface area contributed by atoms with Crippen LogP contribution in [0.25, 0.3) is 0 Å². The predicted octanol–water partition coefficient (Wildman–Crippen LogP) is 3.82. The second-order valence-electron chi connectivity index (χ2n) is 5.38. The van der Waals surface area contributed by atoms with Crippen LogP contribution in [0, 0.1) is 0 Å². The molecule has 0 unspecified atom stereocenters. The Kier molecular flexibility index (Phi) is 5.92. The van der Waals surface area contributed by atoms with Crippen LogP contribution in [-0.4, -0.2) is 22.6 Å². The molecule has 106 valence electrons. The van der Waals surface area contributed by atoms with E-state index in [0.717, 1.165) is 18.3 Å². The molecule has 1 aromatic rings. The first-order valence-corrected chi connectivity index (χ1v) is 7.72. The van der Waals surface area contributed by atoms with E-state index in [1.807, 2.05) is 12.3 Å². The van der Waals surface area contributed by atoms with E-state index in [2.05, 4.69) is 27.5 Å². The van der Waals surface area contributed by atoms with Gasteiger partial charge in [0.25, 0.3) is 0 Å². The fraction of sp³-hybridized carbons (Fsp3) is 0.733. The summed E-state index contributed by atoms with van der Waals surface area (Å²) in [6.45, 7) is 3.17. The monoisotopic (exact) mass is 262 g/mol. The topological polar surface area (TPSA) is 49.8 Å². The fourth-order valence-corrected chi connectivity index (χ4v) is 2.56. The summed E-state index contributed by atoms with van der Waals surface area (Å²) >= 11 is 0. The molecule has 4 nitrogen and oxygen atoms in total. The van der Waals surface area contributed by atoms with Gasteiger partial charge in [-0.2, -0.15) is 4.98 Å². The van der Waals surface area contributed by atoms with Crippen molar-refractivity contribution in [2.75, 3.05) is 17.2 Å². The van der Waals surface area contributed by atoms with Crippen LogP contribution in [0.5, 0.6) is 0 Å². The fourth-order valence-electron chi connectivity index (χ4n) is 2.56. The zero-order chi connectivity index (χ0) is 13.3. The first-order chi connectivity index (χ1) is 9.38. The van der Waals surface area contributed by atoms with Gasteiger partial charge in [-0.05, 0) is 25.3 Å². The zero-order valence-corrected chi connectivity index (χ0v) is 12.0. The van der Waals surface area contributed by atoms with Crippen molar-refractivity contribution in [3.8, 4) is 0 Å². The van der Waals surface area contributed by atoms with Gasteiger partial charge >= 0.3 is 0 Å². The summed E-state index contributed by atoms with van der Waals surface area (Å²) in [5.74, 6) is 1.71. The second-order valence-corrected chi connectivity index (χ2v) is 5.38. The maximum atomic E-state index is 4.53. The average Bonchev–Trinajstić information content (AvgIpc) is 2.45. The molecule has 0 radical (unpaired) electrons. The molecule has 4 heteroatoms. The lowest BCUT2D eigenvalue weighted by atomic mass is 9.95. The highest BCUT2D eigenvalue weighted by atomic mass is 15.1. The molecule has 1 aliphatic carbocycles. The third kappa shape index (κ3) is 5.05. The van der Waals surface area contributed by atoms with Crippen molar-refractivity contribution in [2.45, 2.75) is 64.3 Å². The number of nitrogens with zero attached hydrogens (tertiary/aromatic N) is 2. The van der Waals surface area contributed by atoms with Crippen LogP contribution >= 0.6 is 0 Å². The van der Waals surface area contributed by atoms with E-state index >= 15 is 0 Å². The number of hydrogen-bond donors (Lipinski definition) is 2. The van der Waals surface area contributed by atoms with Crippen LogP contribution in [0.1, 0.15) is 58.3 Å². The van der Waals surface area contributed by atoms with Gasteiger partial charge in [-0.3, -0.25) is 0 Å². The van der Waals surface area contributed by atoms with Gasteiger partial charge in [0.1, 0.15) is 5.82 Å². The standard InChI is InChI=1S/C15H26N4/c1-2-3-7-11-16-15-17-12-10-14(19-15)18-13-8-5-4-6-9-13/h10,12-13H,2-9,11H2,1H3,(H2,16,17,18,19). The van der Waals surface area contributed by atoms with E-state index in [1.165, 1.54) is 51.4 Å². The van der Waals surface area contributed by atoms with Gasteiger partial charge < -0.3 is 10.6 Å². The predicted molar refractivity (Wildman–Crippen MR) is 80.5 cm³/mol. The molecule has 2 N–H and O–H groups in total. The number of anilines is 2. The second kappa shape index (κ2) is 7.97. The Morgan fingerprint density at radius 1 is 1.21 bits per heavy atom. The van der Waals surface area contributed by atoms with E-state index in [0.29, 0.717) is 6.04 Å². The highest BCUT2D eigenvalue weighted by molar-refractivity contribution is 5.40. The molecule has 1 saturated carbocycles. The molecule has 0 aromatic carbocycles. The van der Waals surface area contributed by atoms with Crippen LogP contribution in [-0.2, 0) is 0 Å². The number of unbranched alkanes of at least 4 members (excludes halogenated alkanes) is 2. The van der Waals surface area contributed by atoms with Crippen molar-refractivity contribution in [1.82, 2.24) is 9.97 Å². The minimum atomic E-state index is 0.594. The minimum absolute atomic E-state index is 0.594. The van der Waals surface area contributed by atoms with E-state index in [9.17, 15) is 0 Å². The molecule has 1 fully saturated rings. The van der Waals surface area contributed by atoms with Crippen molar-refractivity contribution in [2.24, 2.45) is 0 Å². The summed E-state index contributed by atoms with van der Waals surface area (Å²) in [5, 5.41) is 6.83. The lowest BCUT2D eigenvalue weighted by Gasteiger charge is -2.23. The van der Waals surface area contributed by atoms with Crippen molar-refractivity contribution in [3.63, 3.8) is 0 Å². The Balaban J connectivity index is 1.80. The first-order valence-electron chi connectivity index (χ1n) is 7.72. The Morgan fingerprint density at radius 3 is 2.84 bits per heavy atom. The molecule has 19 heavy (non-hydrogen) atoms. The van der Waals surface area contributed by atoms with Crippen LogP contribution in [0.15, 0.2) is 12.3 Å². The van der Waals surface area contributed by atoms with E-state index in [4.69, 9.17) is 0 Å². The summed E-state index contributed by atoms with van der Waals surface area (Å²) in [6, 6.07) is 2.56. The number of nitrogens with one attached hydrogen (secondary N) is 2. The van der Waals surface area contributed by atoms with E-state index < -0.39 is 0 Å². The lowest BCUT2D eigenvalue weighted by molar-refractivity contribution is 0.462. The van der Waals surface area contributed by atoms with Gasteiger partial charge in [0.15, 0.2) is 0 Å². The molecular weight excluding hydrogens is 236 g/mol. The van der Waals surface area contributed by atoms with Gasteiger partial charge in [0.2, 0.25) is 5.95 Å². The van der Waals surface area contributed by atoms with Crippen molar-refractivity contribution < 1.29 is 0 Å². The van der Waals surface area contributed by atoms with Crippen LogP contribution in [0.3, 0.4) is 0 Å². The van der Waals surface area contributed by atoms with Gasteiger partial charge in [-0.15, -0.1) is 0 Å². The van der Waals surface area contributed by atoms with Crippen LogP contribution < -0.4 is 10.6 Å². The largest absolute Gasteiger partial charge is 0.367 e. The molecule has 0 amide bonds. The third-order valence-electron chi connectivity index (χ3n) is 3.68. The normalized spacial score (nSPS) is 16.3. The average molecular weight is 262 g/mol. The Labute approximate surface area is 116 Å².